The molecule has 2 nitrogen and oxygen atoms in total. The number of benzene rings is 2. The first-order valence-electron chi connectivity index (χ1n) is 8.13. The zero-order valence-electron chi connectivity index (χ0n) is 14.5. The Labute approximate surface area is 147 Å². The zero-order valence-corrected chi connectivity index (χ0v) is 14.5. The summed E-state index contributed by atoms with van der Waals surface area (Å²) in [5.74, 6) is -0.307. The van der Waals surface area contributed by atoms with Crippen LogP contribution >= 0.6 is 0 Å². The summed E-state index contributed by atoms with van der Waals surface area (Å²) in [6.45, 7) is 6.16. The second-order valence-corrected chi connectivity index (χ2v) is 6.18. The number of nitriles is 1. The van der Waals surface area contributed by atoms with E-state index in [1.165, 1.54) is 17.7 Å². The van der Waals surface area contributed by atoms with E-state index < -0.39 is 0 Å². The van der Waals surface area contributed by atoms with Gasteiger partial charge in [-0.2, -0.15) is 5.26 Å². The number of hydrogen-bond acceptors (Lipinski definition) is 1. The molecule has 2 aromatic carbocycles. The third-order valence-electron chi connectivity index (χ3n) is 4.31. The van der Waals surface area contributed by atoms with Gasteiger partial charge < -0.3 is 4.57 Å². The monoisotopic (exact) mass is 330 g/mol. The maximum atomic E-state index is 13.1. The highest BCUT2D eigenvalue weighted by atomic mass is 19.1. The second kappa shape index (κ2) is 6.78. The average molecular weight is 330 g/mol. The quantitative estimate of drug-likeness (QED) is 0.574. The van der Waals surface area contributed by atoms with Crippen LogP contribution in [0.2, 0.25) is 0 Å². The number of allylic oxidation sites excluding steroid dienone is 1. The highest BCUT2D eigenvalue weighted by Crippen LogP contribution is 2.25. The fourth-order valence-corrected chi connectivity index (χ4v) is 3.06. The lowest BCUT2D eigenvalue weighted by Gasteiger charge is -2.10. The molecular formula is C22H19FN2. The standard InChI is InChI=1S/C22H19FN2/c1-15-5-4-6-22(11-15)25-16(2)12-19(17(25)3)13-20(14-24)18-7-9-21(23)10-8-18/h4-13H,1-3H3/b20-13-. The van der Waals surface area contributed by atoms with Crippen LogP contribution in [0.1, 0.15) is 28.1 Å². The zero-order chi connectivity index (χ0) is 18.0. The van der Waals surface area contributed by atoms with Gasteiger partial charge in [0.05, 0.1) is 11.6 Å². The summed E-state index contributed by atoms with van der Waals surface area (Å²) in [5.41, 5.74) is 6.69. The van der Waals surface area contributed by atoms with Crippen LogP contribution in [0.15, 0.2) is 54.6 Å². The van der Waals surface area contributed by atoms with Crippen molar-refractivity contribution >= 4 is 11.6 Å². The first-order chi connectivity index (χ1) is 12.0. The molecule has 0 amide bonds. The lowest BCUT2D eigenvalue weighted by Crippen LogP contribution is -1.99. The van der Waals surface area contributed by atoms with Crippen LogP contribution in [-0.2, 0) is 0 Å². The minimum atomic E-state index is -0.307. The van der Waals surface area contributed by atoms with E-state index in [2.05, 4.69) is 48.7 Å². The van der Waals surface area contributed by atoms with Gasteiger partial charge in [-0.05, 0) is 73.9 Å². The average Bonchev–Trinajstić information content (AvgIpc) is 2.87. The van der Waals surface area contributed by atoms with Gasteiger partial charge in [0, 0.05) is 17.1 Å². The molecule has 0 bridgehead atoms. The van der Waals surface area contributed by atoms with E-state index in [9.17, 15) is 9.65 Å². The van der Waals surface area contributed by atoms with Crippen molar-refractivity contribution in [3.63, 3.8) is 0 Å². The SMILES string of the molecule is Cc1cccc(-n2c(C)cc(/C=C(/C#N)c3ccc(F)cc3)c2C)c1. The number of rotatable bonds is 3. The molecule has 1 aromatic heterocycles. The summed E-state index contributed by atoms with van der Waals surface area (Å²) < 4.78 is 15.3. The van der Waals surface area contributed by atoms with Crippen molar-refractivity contribution in [2.45, 2.75) is 20.8 Å². The molecule has 0 radical (unpaired) electrons. The van der Waals surface area contributed by atoms with E-state index in [1.54, 1.807) is 12.1 Å². The van der Waals surface area contributed by atoms with E-state index in [-0.39, 0.29) is 5.82 Å². The Kier molecular flexibility index (Phi) is 4.54. The molecule has 0 fully saturated rings. The third-order valence-corrected chi connectivity index (χ3v) is 4.31. The molecule has 0 unspecified atom stereocenters. The molecule has 0 saturated heterocycles. The van der Waals surface area contributed by atoms with Crippen molar-refractivity contribution in [1.82, 2.24) is 4.57 Å². The maximum absolute atomic E-state index is 13.1. The summed E-state index contributed by atoms with van der Waals surface area (Å²) in [6.07, 6.45) is 1.86. The molecule has 0 aliphatic heterocycles. The number of aryl methyl sites for hydroxylation is 2. The Morgan fingerprint density at radius 2 is 1.76 bits per heavy atom. The molecule has 0 aliphatic rings. The highest BCUT2D eigenvalue weighted by molar-refractivity contribution is 5.90. The minimum Gasteiger partial charge on any atom is -0.318 e. The van der Waals surface area contributed by atoms with Crippen molar-refractivity contribution in [2.75, 3.05) is 0 Å². The van der Waals surface area contributed by atoms with E-state index in [4.69, 9.17) is 0 Å². The molecule has 0 aliphatic carbocycles. The van der Waals surface area contributed by atoms with E-state index in [0.717, 1.165) is 22.6 Å². The molecule has 124 valence electrons. The van der Waals surface area contributed by atoms with Gasteiger partial charge in [-0.3, -0.25) is 0 Å². The van der Waals surface area contributed by atoms with E-state index in [1.807, 2.05) is 19.1 Å². The molecular weight excluding hydrogens is 311 g/mol. The molecule has 0 saturated carbocycles. The van der Waals surface area contributed by atoms with Gasteiger partial charge in [0.15, 0.2) is 0 Å². The van der Waals surface area contributed by atoms with Crippen LogP contribution < -0.4 is 0 Å². The molecule has 25 heavy (non-hydrogen) atoms. The van der Waals surface area contributed by atoms with Crippen LogP contribution in [0.4, 0.5) is 4.39 Å². The predicted octanol–water partition coefficient (Wildman–Crippen LogP) is 5.61. The smallest absolute Gasteiger partial charge is 0.123 e. The topological polar surface area (TPSA) is 28.7 Å². The number of hydrogen-bond donors (Lipinski definition) is 0. The van der Waals surface area contributed by atoms with Crippen molar-refractivity contribution in [3.05, 3.63) is 88.5 Å². The van der Waals surface area contributed by atoms with Crippen molar-refractivity contribution in [3.8, 4) is 11.8 Å². The molecule has 0 N–H and O–H groups in total. The maximum Gasteiger partial charge on any atom is 0.123 e. The molecule has 3 aromatic rings. The van der Waals surface area contributed by atoms with Gasteiger partial charge in [-0.1, -0.05) is 24.3 Å². The van der Waals surface area contributed by atoms with Crippen LogP contribution in [0.25, 0.3) is 17.3 Å². The van der Waals surface area contributed by atoms with Gasteiger partial charge in [0.1, 0.15) is 5.82 Å². The van der Waals surface area contributed by atoms with Crippen molar-refractivity contribution < 1.29 is 4.39 Å². The lowest BCUT2D eigenvalue weighted by molar-refractivity contribution is 0.627. The van der Waals surface area contributed by atoms with E-state index in [0.29, 0.717) is 11.1 Å². The van der Waals surface area contributed by atoms with Gasteiger partial charge in [0.25, 0.3) is 0 Å². The Morgan fingerprint density at radius 1 is 1.04 bits per heavy atom. The van der Waals surface area contributed by atoms with Gasteiger partial charge in [-0.25, -0.2) is 4.39 Å². The Balaban J connectivity index is 2.08. The summed E-state index contributed by atoms with van der Waals surface area (Å²) in [5, 5.41) is 9.51. The van der Waals surface area contributed by atoms with Gasteiger partial charge >= 0.3 is 0 Å². The Bertz CT molecular complexity index is 986. The van der Waals surface area contributed by atoms with Crippen LogP contribution in [-0.4, -0.2) is 4.57 Å². The van der Waals surface area contributed by atoms with Crippen molar-refractivity contribution in [1.29, 1.82) is 5.26 Å². The highest BCUT2D eigenvalue weighted by Gasteiger charge is 2.11. The fraction of sp³-hybridized carbons (Fsp3) is 0.136. The summed E-state index contributed by atoms with van der Waals surface area (Å²) in [7, 11) is 0. The van der Waals surface area contributed by atoms with Gasteiger partial charge in [-0.15, -0.1) is 0 Å². The second-order valence-electron chi connectivity index (χ2n) is 6.18. The largest absolute Gasteiger partial charge is 0.318 e. The van der Waals surface area contributed by atoms with Crippen molar-refractivity contribution in [2.24, 2.45) is 0 Å². The number of nitrogens with zero attached hydrogens (tertiary/aromatic N) is 2. The fourth-order valence-electron chi connectivity index (χ4n) is 3.06. The van der Waals surface area contributed by atoms with Crippen LogP contribution in [0, 0.1) is 37.9 Å². The molecule has 0 atom stereocenters. The first-order valence-corrected chi connectivity index (χ1v) is 8.13. The summed E-state index contributed by atoms with van der Waals surface area (Å²) in [6, 6.07) is 18.6. The molecule has 1 heterocycles. The Morgan fingerprint density at radius 3 is 2.40 bits per heavy atom. The minimum absolute atomic E-state index is 0.307. The molecule has 3 heteroatoms. The first kappa shape index (κ1) is 16.7. The molecule has 3 rings (SSSR count). The summed E-state index contributed by atoms with van der Waals surface area (Å²) >= 11 is 0. The predicted molar refractivity (Wildman–Crippen MR) is 99.9 cm³/mol. The normalized spacial score (nSPS) is 11.4. The van der Waals surface area contributed by atoms with Gasteiger partial charge in [0.2, 0.25) is 0 Å². The number of halogens is 1. The summed E-state index contributed by atoms with van der Waals surface area (Å²) in [4.78, 5) is 0. The van der Waals surface area contributed by atoms with Crippen LogP contribution in [0.3, 0.4) is 0 Å². The third kappa shape index (κ3) is 3.39. The van der Waals surface area contributed by atoms with E-state index >= 15 is 0 Å². The molecule has 0 spiro atoms. The van der Waals surface area contributed by atoms with Crippen LogP contribution in [0.5, 0.6) is 0 Å². The lowest BCUT2D eigenvalue weighted by atomic mass is 10.0. The number of aromatic nitrogens is 1. The Hall–Kier alpha value is -3.12.